The molecule has 1 rings (SSSR count). The van der Waals surface area contributed by atoms with E-state index in [0.29, 0.717) is 24.3 Å². The van der Waals surface area contributed by atoms with E-state index in [1.807, 2.05) is 6.07 Å². The van der Waals surface area contributed by atoms with Gasteiger partial charge in [0.2, 0.25) is 5.91 Å². The summed E-state index contributed by atoms with van der Waals surface area (Å²) in [6.07, 6.45) is 0. The van der Waals surface area contributed by atoms with Gasteiger partial charge in [-0.15, -0.1) is 0 Å². The number of nitriles is 1. The van der Waals surface area contributed by atoms with Crippen LogP contribution in [0.2, 0.25) is 0 Å². The van der Waals surface area contributed by atoms with Gasteiger partial charge >= 0.3 is 0 Å². The molecule has 0 bridgehead atoms. The largest absolute Gasteiger partial charge is 0.383 e. The molecule has 106 valence electrons. The van der Waals surface area contributed by atoms with Gasteiger partial charge in [0.1, 0.15) is 0 Å². The Kier molecular flexibility index (Phi) is 6.20. The van der Waals surface area contributed by atoms with Gasteiger partial charge in [0.15, 0.2) is 0 Å². The highest BCUT2D eigenvalue weighted by Crippen LogP contribution is 2.06. The van der Waals surface area contributed by atoms with Gasteiger partial charge in [0.05, 0.1) is 24.8 Å². The Labute approximate surface area is 117 Å². The van der Waals surface area contributed by atoms with Crippen LogP contribution in [0.4, 0.5) is 0 Å². The third-order valence-corrected chi connectivity index (χ3v) is 2.62. The van der Waals surface area contributed by atoms with Crippen LogP contribution in [0, 0.1) is 11.3 Å². The number of carbonyl (C=O) groups is 2. The molecule has 6 nitrogen and oxygen atoms in total. The summed E-state index contributed by atoms with van der Waals surface area (Å²) in [6, 6.07) is 8.26. The first kappa shape index (κ1) is 15.7. The van der Waals surface area contributed by atoms with E-state index >= 15 is 0 Å². The van der Waals surface area contributed by atoms with Crippen LogP contribution in [0.25, 0.3) is 0 Å². The average Bonchev–Trinajstić information content (AvgIpc) is 2.46. The Balaban J connectivity index is 2.53. The van der Waals surface area contributed by atoms with E-state index in [-0.39, 0.29) is 18.4 Å². The first-order chi connectivity index (χ1) is 9.58. The number of ether oxygens (including phenoxy) is 1. The van der Waals surface area contributed by atoms with Crippen molar-refractivity contribution in [2.75, 3.05) is 33.9 Å². The molecule has 1 N–H and O–H groups in total. The molecule has 0 atom stereocenters. The highest BCUT2D eigenvalue weighted by atomic mass is 16.5. The fourth-order valence-corrected chi connectivity index (χ4v) is 1.54. The lowest BCUT2D eigenvalue weighted by Gasteiger charge is -2.16. The van der Waals surface area contributed by atoms with Crippen molar-refractivity contribution in [3.63, 3.8) is 0 Å². The van der Waals surface area contributed by atoms with Crippen molar-refractivity contribution in [3.05, 3.63) is 35.4 Å². The highest BCUT2D eigenvalue weighted by Gasteiger charge is 2.14. The van der Waals surface area contributed by atoms with Crippen LogP contribution in [0.15, 0.2) is 24.3 Å². The van der Waals surface area contributed by atoms with E-state index < -0.39 is 0 Å². The maximum atomic E-state index is 12.0. The Hall–Kier alpha value is -2.39. The summed E-state index contributed by atoms with van der Waals surface area (Å²) in [6.45, 7) is 0.815. The third-order valence-electron chi connectivity index (χ3n) is 2.62. The second kappa shape index (κ2) is 7.92. The van der Waals surface area contributed by atoms with Crippen molar-refractivity contribution in [1.82, 2.24) is 10.2 Å². The Bertz CT molecular complexity index is 505. The molecule has 20 heavy (non-hydrogen) atoms. The molecule has 1 aromatic rings. The minimum absolute atomic E-state index is 0.0252. The van der Waals surface area contributed by atoms with E-state index in [2.05, 4.69) is 5.32 Å². The van der Waals surface area contributed by atoms with Gasteiger partial charge in [0, 0.05) is 26.3 Å². The van der Waals surface area contributed by atoms with Gasteiger partial charge < -0.3 is 15.0 Å². The van der Waals surface area contributed by atoms with Gasteiger partial charge in [-0.1, -0.05) is 0 Å². The molecule has 0 aliphatic rings. The van der Waals surface area contributed by atoms with Gasteiger partial charge in [-0.3, -0.25) is 9.59 Å². The van der Waals surface area contributed by atoms with Gasteiger partial charge in [-0.05, 0) is 24.3 Å². The fraction of sp³-hybridized carbons (Fsp3) is 0.357. The SMILES string of the molecule is COCCNC(=O)CN(C)C(=O)c1ccc(C#N)cc1. The molecule has 0 aliphatic carbocycles. The number of amides is 2. The zero-order chi connectivity index (χ0) is 15.0. The van der Waals surface area contributed by atoms with Crippen molar-refractivity contribution in [2.24, 2.45) is 0 Å². The van der Waals surface area contributed by atoms with Crippen LogP contribution in [0.3, 0.4) is 0 Å². The van der Waals surface area contributed by atoms with E-state index in [1.54, 1.807) is 38.4 Å². The van der Waals surface area contributed by atoms with Crippen molar-refractivity contribution in [2.45, 2.75) is 0 Å². The Morgan fingerprint density at radius 2 is 2.00 bits per heavy atom. The molecule has 0 fully saturated rings. The Morgan fingerprint density at radius 3 is 2.55 bits per heavy atom. The zero-order valence-electron chi connectivity index (χ0n) is 11.5. The lowest BCUT2D eigenvalue weighted by atomic mass is 10.1. The van der Waals surface area contributed by atoms with Crippen LogP contribution < -0.4 is 5.32 Å². The summed E-state index contributed by atoms with van der Waals surface area (Å²) in [5, 5.41) is 11.3. The number of nitrogens with one attached hydrogen (secondary N) is 1. The lowest BCUT2D eigenvalue weighted by Crippen LogP contribution is -2.39. The summed E-state index contributed by atoms with van der Waals surface area (Å²) >= 11 is 0. The van der Waals surface area contributed by atoms with Crippen molar-refractivity contribution in [3.8, 4) is 6.07 Å². The van der Waals surface area contributed by atoms with Crippen LogP contribution >= 0.6 is 0 Å². The molecule has 0 unspecified atom stereocenters. The number of hydrogen-bond donors (Lipinski definition) is 1. The lowest BCUT2D eigenvalue weighted by molar-refractivity contribution is -0.121. The quantitative estimate of drug-likeness (QED) is 0.761. The van der Waals surface area contributed by atoms with Crippen LogP contribution in [-0.2, 0) is 9.53 Å². The van der Waals surface area contributed by atoms with E-state index in [9.17, 15) is 9.59 Å². The minimum atomic E-state index is -0.267. The number of carbonyl (C=O) groups excluding carboxylic acids is 2. The van der Waals surface area contributed by atoms with E-state index in [4.69, 9.17) is 10.00 Å². The maximum absolute atomic E-state index is 12.0. The topological polar surface area (TPSA) is 82.4 Å². The zero-order valence-corrected chi connectivity index (χ0v) is 11.5. The third kappa shape index (κ3) is 4.71. The number of hydrogen-bond acceptors (Lipinski definition) is 4. The summed E-state index contributed by atoms with van der Waals surface area (Å²) in [5.41, 5.74) is 0.928. The summed E-state index contributed by atoms with van der Waals surface area (Å²) in [7, 11) is 3.10. The number of rotatable bonds is 6. The van der Waals surface area contributed by atoms with Crippen LogP contribution in [0.5, 0.6) is 0 Å². The molecule has 0 spiro atoms. The molecule has 1 aromatic carbocycles. The van der Waals surface area contributed by atoms with Crippen LogP contribution in [-0.4, -0.2) is 50.6 Å². The van der Waals surface area contributed by atoms with Crippen molar-refractivity contribution >= 4 is 11.8 Å². The molecule has 0 saturated heterocycles. The van der Waals surface area contributed by atoms with Gasteiger partial charge in [-0.25, -0.2) is 0 Å². The first-order valence-corrected chi connectivity index (χ1v) is 6.09. The number of nitrogens with zero attached hydrogens (tertiary/aromatic N) is 2. The first-order valence-electron chi connectivity index (χ1n) is 6.09. The maximum Gasteiger partial charge on any atom is 0.254 e. The molecular weight excluding hydrogens is 258 g/mol. The second-order valence-corrected chi connectivity index (χ2v) is 4.19. The predicted molar refractivity (Wildman–Crippen MR) is 73.0 cm³/mol. The van der Waals surface area contributed by atoms with E-state index in [0.717, 1.165) is 0 Å². The average molecular weight is 275 g/mol. The number of benzene rings is 1. The monoisotopic (exact) mass is 275 g/mol. The number of methoxy groups -OCH3 is 1. The van der Waals surface area contributed by atoms with Gasteiger partial charge in [-0.2, -0.15) is 5.26 Å². The predicted octanol–water partition coefficient (Wildman–Crippen LogP) is 0.393. The molecule has 0 radical (unpaired) electrons. The minimum Gasteiger partial charge on any atom is -0.383 e. The molecule has 0 saturated carbocycles. The normalized spacial score (nSPS) is 9.65. The molecule has 2 amide bonds. The summed E-state index contributed by atoms with van der Waals surface area (Å²) in [5.74, 6) is -0.511. The molecule has 6 heteroatoms. The van der Waals surface area contributed by atoms with Crippen LogP contribution in [0.1, 0.15) is 15.9 Å². The van der Waals surface area contributed by atoms with Gasteiger partial charge in [0.25, 0.3) is 5.91 Å². The number of likely N-dealkylation sites (N-methyl/N-ethyl adjacent to an activating group) is 1. The smallest absolute Gasteiger partial charge is 0.254 e. The molecule has 0 heterocycles. The highest BCUT2D eigenvalue weighted by molar-refractivity contribution is 5.96. The second-order valence-electron chi connectivity index (χ2n) is 4.19. The standard InChI is InChI=1S/C14H17N3O3/c1-17(10-13(18)16-7-8-20-2)14(19)12-5-3-11(9-15)4-6-12/h3-6H,7-8,10H2,1-2H3,(H,16,18). The van der Waals surface area contributed by atoms with Crippen molar-refractivity contribution in [1.29, 1.82) is 5.26 Å². The Morgan fingerprint density at radius 1 is 1.35 bits per heavy atom. The summed E-state index contributed by atoms with van der Waals surface area (Å²) in [4.78, 5) is 24.9. The van der Waals surface area contributed by atoms with E-state index in [1.165, 1.54) is 4.90 Å². The van der Waals surface area contributed by atoms with Crippen molar-refractivity contribution < 1.29 is 14.3 Å². The molecule has 0 aromatic heterocycles. The summed E-state index contributed by atoms with van der Waals surface area (Å²) < 4.78 is 4.81. The molecular formula is C14H17N3O3. The fourth-order valence-electron chi connectivity index (χ4n) is 1.54. The molecule has 0 aliphatic heterocycles.